The molecule has 0 spiro atoms. The maximum atomic E-state index is 12.6. The molecule has 4 rings (SSSR count). The van der Waals surface area contributed by atoms with E-state index in [0.29, 0.717) is 24.8 Å². The van der Waals surface area contributed by atoms with Gasteiger partial charge in [-0.2, -0.15) is 4.98 Å². The van der Waals surface area contributed by atoms with Crippen LogP contribution in [-0.2, 0) is 0 Å². The molecule has 2 amide bonds. The van der Waals surface area contributed by atoms with Crippen LogP contribution in [0.2, 0.25) is 0 Å². The molecule has 7 heteroatoms. The standard InChI is InChI=1S/C21H22N4O3/c1-27-18-11-5-7-15(13-18)19-23-20(28-24-19)16-8-6-12-25(14-16)21(26)22-17-9-3-2-4-10-17/h2-5,7,9-11,13,16H,6,8,12,14H2,1H3,(H,22,26)/t16-/m0/s1. The zero-order chi connectivity index (χ0) is 19.3. The lowest BCUT2D eigenvalue weighted by Crippen LogP contribution is -2.41. The van der Waals surface area contributed by atoms with Gasteiger partial charge < -0.3 is 19.5 Å². The topological polar surface area (TPSA) is 80.5 Å². The number of rotatable bonds is 4. The molecule has 1 N–H and O–H groups in total. The van der Waals surface area contributed by atoms with Crippen LogP contribution in [-0.4, -0.2) is 41.3 Å². The first-order valence-electron chi connectivity index (χ1n) is 9.32. The number of piperidine rings is 1. The zero-order valence-electron chi connectivity index (χ0n) is 15.7. The summed E-state index contributed by atoms with van der Waals surface area (Å²) in [5.74, 6) is 1.86. The summed E-state index contributed by atoms with van der Waals surface area (Å²) in [7, 11) is 1.62. The van der Waals surface area contributed by atoms with Gasteiger partial charge in [-0.05, 0) is 37.1 Å². The monoisotopic (exact) mass is 378 g/mol. The molecular weight excluding hydrogens is 356 g/mol. The first-order chi connectivity index (χ1) is 13.7. The maximum absolute atomic E-state index is 12.6. The molecule has 0 aliphatic carbocycles. The number of carbonyl (C=O) groups excluding carboxylic acids is 1. The predicted molar refractivity (Wildman–Crippen MR) is 105 cm³/mol. The summed E-state index contributed by atoms with van der Waals surface area (Å²) in [6.45, 7) is 1.27. The van der Waals surface area contributed by atoms with Gasteiger partial charge in [0.25, 0.3) is 0 Å². The molecule has 2 aromatic carbocycles. The number of aromatic nitrogens is 2. The first-order valence-corrected chi connectivity index (χ1v) is 9.32. The number of anilines is 1. The Bertz CT molecular complexity index is 942. The number of nitrogens with one attached hydrogen (secondary N) is 1. The van der Waals surface area contributed by atoms with Crippen molar-refractivity contribution in [2.75, 3.05) is 25.5 Å². The van der Waals surface area contributed by atoms with Gasteiger partial charge in [-0.15, -0.1) is 0 Å². The molecule has 2 heterocycles. The van der Waals surface area contributed by atoms with Gasteiger partial charge in [-0.25, -0.2) is 4.79 Å². The number of hydrogen-bond acceptors (Lipinski definition) is 5. The van der Waals surface area contributed by atoms with Crippen molar-refractivity contribution in [2.45, 2.75) is 18.8 Å². The lowest BCUT2D eigenvalue weighted by Gasteiger charge is -2.31. The fourth-order valence-corrected chi connectivity index (χ4v) is 3.37. The van der Waals surface area contributed by atoms with Crippen molar-refractivity contribution in [3.63, 3.8) is 0 Å². The van der Waals surface area contributed by atoms with Gasteiger partial charge in [0, 0.05) is 24.3 Å². The molecule has 0 unspecified atom stereocenters. The highest BCUT2D eigenvalue weighted by molar-refractivity contribution is 5.89. The molecule has 1 aliphatic heterocycles. The van der Waals surface area contributed by atoms with Crippen LogP contribution in [0, 0.1) is 0 Å². The highest BCUT2D eigenvalue weighted by Gasteiger charge is 2.28. The van der Waals surface area contributed by atoms with E-state index >= 15 is 0 Å². The van der Waals surface area contributed by atoms with Gasteiger partial charge in [-0.3, -0.25) is 0 Å². The van der Waals surface area contributed by atoms with E-state index in [1.165, 1.54) is 0 Å². The number of likely N-dealkylation sites (tertiary alicyclic amines) is 1. The number of hydrogen-bond donors (Lipinski definition) is 1. The third kappa shape index (κ3) is 3.98. The molecule has 1 aliphatic rings. The molecule has 1 fully saturated rings. The van der Waals surface area contributed by atoms with Gasteiger partial charge in [0.15, 0.2) is 0 Å². The van der Waals surface area contributed by atoms with Gasteiger partial charge >= 0.3 is 6.03 Å². The Kier molecular flexibility index (Phi) is 5.23. The molecule has 0 saturated carbocycles. The number of carbonyl (C=O) groups is 1. The van der Waals surface area contributed by atoms with Gasteiger partial charge in [-0.1, -0.05) is 35.5 Å². The Morgan fingerprint density at radius 1 is 1.21 bits per heavy atom. The van der Waals surface area contributed by atoms with E-state index < -0.39 is 0 Å². The van der Waals surface area contributed by atoms with Crippen molar-refractivity contribution in [1.82, 2.24) is 15.0 Å². The van der Waals surface area contributed by atoms with E-state index in [4.69, 9.17) is 9.26 Å². The average molecular weight is 378 g/mol. The maximum Gasteiger partial charge on any atom is 0.321 e. The van der Waals surface area contributed by atoms with Crippen LogP contribution in [0.1, 0.15) is 24.7 Å². The van der Waals surface area contributed by atoms with Crippen molar-refractivity contribution in [1.29, 1.82) is 0 Å². The number of nitrogens with zero attached hydrogens (tertiary/aromatic N) is 3. The highest BCUT2D eigenvalue weighted by Crippen LogP contribution is 2.28. The Labute approximate surface area is 163 Å². The quantitative estimate of drug-likeness (QED) is 0.737. The summed E-state index contributed by atoms with van der Waals surface area (Å²) in [5, 5.41) is 7.05. The van der Waals surface area contributed by atoms with Crippen molar-refractivity contribution < 1.29 is 14.1 Å². The summed E-state index contributed by atoms with van der Waals surface area (Å²) in [6.07, 6.45) is 1.80. The lowest BCUT2D eigenvalue weighted by molar-refractivity contribution is 0.184. The van der Waals surface area contributed by atoms with E-state index in [-0.39, 0.29) is 11.9 Å². The van der Waals surface area contributed by atoms with Crippen LogP contribution in [0.4, 0.5) is 10.5 Å². The summed E-state index contributed by atoms with van der Waals surface area (Å²) in [4.78, 5) is 18.9. The van der Waals surface area contributed by atoms with E-state index in [9.17, 15) is 4.79 Å². The van der Waals surface area contributed by atoms with Crippen molar-refractivity contribution in [2.24, 2.45) is 0 Å². The van der Waals surface area contributed by atoms with E-state index in [2.05, 4.69) is 15.5 Å². The molecule has 1 saturated heterocycles. The molecule has 0 bridgehead atoms. The van der Waals surface area contributed by atoms with Crippen LogP contribution < -0.4 is 10.1 Å². The molecule has 7 nitrogen and oxygen atoms in total. The minimum Gasteiger partial charge on any atom is -0.497 e. The molecular formula is C21H22N4O3. The van der Waals surface area contributed by atoms with Crippen LogP contribution in [0.3, 0.4) is 0 Å². The van der Waals surface area contributed by atoms with Crippen molar-refractivity contribution in [3.05, 3.63) is 60.5 Å². The van der Waals surface area contributed by atoms with Crippen molar-refractivity contribution >= 4 is 11.7 Å². The number of para-hydroxylation sites is 1. The van der Waals surface area contributed by atoms with Crippen LogP contribution >= 0.6 is 0 Å². The first kappa shape index (κ1) is 18.0. The SMILES string of the molecule is COc1cccc(-c2noc([C@H]3CCCN(C(=O)Nc4ccccc4)C3)n2)c1. The second-order valence-corrected chi connectivity index (χ2v) is 6.77. The van der Waals surface area contributed by atoms with E-state index in [0.717, 1.165) is 29.8 Å². The second kappa shape index (κ2) is 8.12. The molecule has 1 atom stereocenters. The Morgan fingerprint density at radius 2 is 2.07 bits per heavy atom. The van der Waals surface area contributed by atoms with Gasteiger partial charge in [0.05, 0.1) is 13.0 Å². The smallest absolute Gasteiger partial charge is 0.321 e. The number of urea groups is 1. The van der Waals surface area contributed by atoms with Crippen LogP contribution in [0.15, 0.2) is 59.1 Å². The molecule has 3 aromatic rings. The fourth-order valence-electron chi connectivity index (χ4n) is 3.37. The Morgan fingerprint density at radius 3 is 2.89 bits per heavy atom. The summed E-state index contributed by atoms with van der Waals surface area (Å²) in [6, 6.07) is 16.9. The van der Waals surface area contributed by atoms with Gasteiger partial charge in [0.2, 0.25) is 11.7 Å². The number of ether oxygens (including phenoxy) is 1. The highest BCUT2D eigenvalue weighted by atomic mass is 16.5. The van der Waals surface area contributed by atoms with E-state index in [1.807, 2.05) is 54.6 Å². The summed E-state index contributed by atoms with van der Waals surface area (Å²) < 4.78 is 10.8. The Hall–Kier alpha value is -3.35. The minimum atomic E-state index is -0.108. The summed E-state index contributed by atoms with van der Waals surface area (Å²) in [5.41, 5.74) is 1.62. The number of benzene rings is 2. The van der Waals surface area contributed by atoms with Crippen molar-refractivity contribution in [3.8, 4) is 17.1 Å². The van der Waals surface area contributed by atoms with Crippen LogP contribution in [0.25, 0.3) is 11.4 Å². The number of amides is 2. The van der Waals surface area contributed by atoms with E-state index in [1.54, 1.807) is 12.0 Å². The molecule has 28 heavy (non-hydrogen) atoms. The molecule has 1 aromatic heterocycles. The largest absolute Gasteiger partial charge is 0.497 e. The van der Waals surface area contributed by atoms with Crippen LogP contribution in [0.5, 0.6) is 5.75 Å². The normalized spacial score (nSPS) is 16.6. The third-order valence-electron chi connectivity index (χ3n) is 4.85. The van der Waals surface area contributed by atoms with Gasteiger partial charge in [0.1, 0.15) is 5.75 Å². The predicted octanol–water partition coefficient (Wildman–Crippen LogP) is 4.16. The summed E-state index contributed by atoms with van der Waals surface area (Å²) >= 11 is 0. The molecule has 0 radical (unpaired) electrons. The molecule has 144 valence electrons. The average Bonchev–Trinajstić information content (AvgIpc) is 3.25. The Balaban J connectivity index is 1.45. The fraction of sp³-hybridized carbons (Fsp3) is 0.286. The minimum absolute atomic E-state index is 0.0298. The third-order valence-corrected chi connectivity index (χ3v) is 4.85. The second-order valence-electron chi connectivity index (χ2n) is 6.77. The zero-order valence-corrected chi connectivity index (χ0v) is 15.7. The number of methoxy groups -OCH3 is 1. The lowest BCUT2D eigenvalue weighted by atomic mass is 9.98.